The third kappa shape index (κ3) is 4.54. The zero-order valence-electron chi connectivity index (χ0n) is 9.82. The Morgan fingerprint density at radius 3 is 3.06 bits per heavy atom. The van der Waals surface area contributed by atoms with Crippen LogP contribution >= 0.6 is 11.6 Å². The van der Waals surface area contributed by atoms with Crippen molar-refractivity contribution in [2.45, 2.75) is 19.8 Å². The predicted molar refractivity (Wildman–Crippen MR) is 65.7 cm³/mol. The summed E-state index contributed by atoms with van der Waals surface area (Å²) in [6.45, 7) is 5.07. The highest BCUT2D eigenvalue weighted by molar-refractivity contribution is 6.18. The van der Waals surface area contributed by atoms with Gasteiger partial charge in [0.25, 0.3) is 0 Å². The quantitative estimate of drug-likeness (QED) is 0.422. The molecule has 3 nitrogen and oxygen atoms in total. The van der Waals surface area contributed by atoms with Crippen molar-refractivity contribution in [2.24, 2.45) is 5.92 Å². The summed E-state index contributed by atoms with van der Waals surface area (Å²) in [5.74, 6) is 0.557. The normalized spacial score (nSPS) is 22.5. The summed E-state index contributed by atoms with van der Waals surface area (Å²) >= 11 is 5.56. The number of allylic oxidation sites excluding steroid dienone is 1. The number of halogens is 1. The molecule has 1 atom stereocenters. The summed E-state index contributed by atoms with van der Waals surface area (Å²) in [6.07, 6.45) is 6.02. The Kier molecular flexibility index (Phi) is 6.50. The molecule has 0 aromatic carbocycles. The molecule has 0 N–H and O–H groups in total. The molecule has 0 bridgehead atoms. The third-order valence-corrected chi connectivity index (χ3v) is 2.92. The van der Waals surface area contributed by atoms with Gasteiger partial charge >= 0.3 is 5.97 Å². The van der Waals surface area contributed by atoms with Gasteiger partial charge in [-0.2, -0.15) is 0 Å². The van der Waals surface area contributed by atoms with Crippen LogP contribution in [0.2, 0.25) is 0 Å². The largest absolute Gasteiger partial charge is 0.466 e. The molecule has 0 radical (unpaired) electrons. The molecule has 0 saturated carbocycles. The van der Waals surface area contributed by atoms with Crippen molar-refractivity contribution >= 4 is 17.6 Å². The molecular weight excluding hydrogens is 226 g/mol. The topological polar surface area (TPSA) is 29.5 Å². The van der Waals surface area contributed by atoms with E-state index in [1.165, 1.54) is 0 Å². The molecule has 1 heterocycles. The number of piperidine rings is 1. The van der Waals surface area contributed by atoms with E-state index in [2.05, 4.69) is 11.0 Å². The summed E-state index contributed by atoms with van der Waals surface area (Å²) in [4.78, 5) is 13.9. The van der Waals surface area contributed by atoms with Crippen LogP contribution in [0.1, 0.15) is 19.8 Å². The van der Waals surface area contributed by atoms with Gasteiger partial charge in [-0.05, 0) is 26.3 Å². The maximum absolute atomic E-state index is 11.6. The van der Waals surface area contributed by atoms with Crippen LogP contribution in [0.5, 0.6) is 0 Å². The highest BCUT2D eigenvalue weighted by Gasteiger charge is 2.25. The number of esters is 1. The fourth-order valence-corrected chi connectivity index (χ4v) is 2.09. The average Bonchev–Trinajstić information content (AvgIpc) is 2.30. The van der Waals surface area contributed by atoms with Crippen molar-refractivity contribution in [2.75, 3.05) is 32.1 Å². The number of nitrogens with zero attached hydrogens (tertiary/aromatic N) is 1. The summed E-state index contributed by atoms with van der Waals surface area (Å²) in [7, 11) is 0. The minimum Gasteiger partial charge on any atom is -0.466 e. The van der Waals surface area contributed by atoms with E-state index in [9.17, 15) is 4.79 Å². The summed E-state index contributed by atoms with van der Waals surface area (Å²) in [5.41, 5.74) is 0. The molecule has 0 amide bonds. The first-order chi connectivity index (χ1) is 7.77. The second-order valence-corrected chi connectivity index (χ2v) is 4.29. The van der Waals surface area contributed by atoms with Gasteiger partial charge < -0.3 is 4.74 Å². The van der Waals surface area contributed by atoms with E-state index in [0.717, 1.165) is 32.5 Å². The van der Waals surface area contributed by atoms with Gasteiger partial charge in [0.2, 0.25) is 0 Å². The molecule has 1 aliphatic rings. The van der Waals surface area contributed by atoms with Crippen molar-refractivity contribution in [1.82, 2.24) is 4.90 Å². The number of carbonyl (C=O) groups excluding carboxylic acids is 1. The van der Waals surface area contributed by atoms with Gasteiger partial charge in [-0.25, -0.2) is 0 Å². The number of hydrogen-bond acceptors (Lipinski definition) is 3. The Morgan fingerprint density at radius 1 is 1.56 bits per heavy atom. The molecule has 0 aromatic heterocycles. The average molecular weight is 246 g/mol. The first kappa shape index (κ1) is 13.5. The lowest BCUT2D eigenvalue weighted by molar-refractivity contribution is -0.149. The Morgan fingerprint density at radius 2 is 2.38 bits per heavy atom. The van der Waals surface area contributed by atoms with Crippen LogP contribution in [0, 0.1) is 5.92 Å². The lowest BCUT2D eigenvalue weighted by Crippen LogP contribution is -2.39. The lowest BCUT2D eigenvalue weighted by Gasteiger charge is -2.30. The predicted octanol–water partition coefficient (Wildman–Crippen LogP) is 2.06. The maximum Gasteiger partial charge on any atom is 0.310 e. The number of ether oxygens (including phenoxy) is 1. The molecule has 0 aliphatic carbocycles. The Labute approximate surface area is 102 Å². The monoisotopic (exact) mass is 245 g/mol. The summed E-state index contributed by atoms with van der Waals surface area (Å²) in [6, 6.07) is 0. The standard InChI is InChI=1S/C12H20ClNO2/c1-2-16-12(15)11-6-5-9-14(10-11)8-4-3-7-13/h3-4,11H,2,5-10H2,1H3. The second-order valence-electron chi connectivity index (χ2n) is 3.98. The van der Waals surface area contributed by atoms with Gasteiger partial charge in [0.05, 0.1) is 12.5 Å². The number of rotatable bonds is 5. The molecule has 92 valence electrons. The summed E-state index contributed by atoms with van der Waals surface area (Å²) in [5, 5.41) is 0. The zero-order chi connectivity index (χ0) is 11.8. The minimum atomic E-state index is -0.0477. The highest BCUT2D eigenvalue weighted by atomic mass is 35.5. The molecular formula is C12H20ClNO2. The first-order valence-electron chi connectivity index (χ1n) is 5.87. The molecule has 16 heavy (non-hydrogen) atoms. The van der Waals surface area contributed by atoms with Crippen molar-refractivity contribution in [3.05, 3.63) is 12.2 Å². The van der Waals surface area contributed by atoms with Gasteiger partial charge in [-0.1, -0.05) is 12.2 Å². The molecule has 1 rings (SSSR count). The van der Waals surface area contributed by atoms with E-state index < -0.39 is 0 Å². The van der Waals surface area contributed by atoms with E-state index in [4.69, 9.17) is 16.3 Å². The van der Waals surface area contributed by atoms with Crippen LogP contribution < -0.4 is 0 Å². The molecule has 0 aromatic rings. The van der Waals surface area contributed by atoms with Crippen molar-refractivity contribution in [3.63, 3.8) is 0 Å². The van der Waals surface area contributed by atoms with Gasteiger partial charge in [-0.3, -0.25) is 9.69 Å². The molecule has 1 fully saturated rings. The zero-order valence-corrected chi connectivity index (χ0v) is 10.6. The van der Waals surface area contributed by atoms with E-state index in [1.54, 1.807) is 0 Å². The minimum absolute atomic E-state index is 0.0477. The van der Waals surface area contributed by atoms with Crippen LogP contribution in [-0.4, -0.2) is 43.0 Å². The van der Waals surface area contributed by atoms with Crippen LogP contribution in [0.15, 0.2) is 12.2 Å². The maximum atomic E-state index is 11.6. The SMILES string of the molecule is CCOC(=O)C1CCCN(CC=CCCl)C1. The molecule has 1 unspecified atom stereocenters. The van der Waals surface area contributed by atoms with Crippen LogP contribution in [0.25, 0.3) is 0 Å². The van der Waals surface area contributed by atoms with Gasteiger partial charge in [0.15, 0.2) is 0 Å². The Balaban J connectivity index is 2.34. The number of alkyl halides is 1. The van der Waals surface area contributed by atoms with Gasteiger partial charge in [0.1, 0.15) is 0 Å². The van der Waals surface area contributed by atoms with Gasteiger partial charge in [-0.15, -0.1) is 11.6 Å². The van der Waals surface area contributed by atoms with Crippen molar-refractivity contribution < 1.29 is 9.53 Å². The van der Waals surface area contributed by atoms with Crippen LogP contribution in [0.4, 0.5) is 0 Å². The van der Waals surface area contributed by atoms with Crippen LogP contribution in [-0.2, 0) is 9.53 Å². The Hall–Kier alpha value is -0.540. The van der Waals surface area contributed by atoms with Crippen LogP contribution in [0.3, 0.4) is 0 Å². The fraction of sp³-hybridized carbons (Fsp3) is 0.750. The molecule has 1 aliphatic heterocycles. The molecule has 4 heteroatoms. The number of likely N-dealkylation sites (tertiary alicyclic amines) is 1. The number of carbonyl (C=O) groups is 1. The van der Waals surface area contributed by atoms with Gasteiger partial charge in [0, 0.05) is 19.0 Å². The lowest BCUT2D eigenvalue weighted by atomic mass is 9.98. The fourth-order valence-electron chi connectivity index (χ4n) is 1.96. The van der Waals surface area contributed by atoms with Crippen molar-refractivity contribution in [1.29, 1.82) is 0 Å². The Bertz CT molecular complexity index is 243. The molecule has 1 saturated heterocycles. The third-order valence-electron chi connectivity index (χ3n) is 2.74. The van der Waals surface area contributed by atoms with Crippen molar-refractivity contribution in [3.8, 4) is 0 Å². The smallest absolute Gasteiger partial charge is 0.310 e. The van der Waals surface area contributed by atoms with E-state index >= 15 is 0 Å². The number of hydrogen-bond donors (Lipinski definition) is 0. The first-order valence-corrected chi connectivity index (χ1v) is 6.41. The second kappa shape index (κ2) is 7.69. The van der Waals surface area contributed by atoms with E-state index in [1.807, 2.05) is 13.0 Å². The van der Waals surface area contributed by atoms with E-state index in [0.29, 0.717) is 12.5 Å². The summed E-state index contributed by atoms with van der Waals surface area (Å²) < 4.78 is 5.05. The van der Waals surface area contributed by atoms with E-state index in [-0.39, 0.29) is 11.9 Å². The molecule has 0 spiro atoms. The highest BCUT2D eigenvalue weighted by Crippen LogP contribution is 2.17.